The van der Waals surface area contributed by atoms with Crippen molar-refractivity contribution >= 4 is 11.6 Å². The molecule has 3 nitrogen and oxygen atoms in total. The van der Waals surface area contributed by atoms with E-state index in [1.165, 1.54) is 12.1 Å². The Hall–Kier alpha value is -1.42. The Labute approximate surface area is 104 Å². The Bertz CT molecular complexity index is 505. The summed E-state index contributed by atoms with van der Waals surface area (Å²) in [4.78, 5) is 4.31. The molecule has 0 amide bonds. The van der Waals surface area contributed by atoms with Crippen LogP contribution in [0.25, 0.3) is 0 Å². The predicted molar refractivity (Wildman–Crippen MR) is 64.5 cm³/mol. The first-order chi connectivity index (χ1) is 8.04. The molecule has 90 valence electrons. The van der Waals surface area contributed by atoms with Crippen molar-refractivity contribution in [2.45, 2.75) is 25.1 Å². The van der Waals surface area contributed by atoms with Gasteiger partial charge in [-0.15, -0.1) is 11.6 Å². The molecular formula is C12H13ClFN3. The smallest absolute Gasteiger partial charge is 0.160 e. The molecule has 0 unspecified atom stereocenters. The van der Waals surface area contributed by atoms with E-state index in [4.69, 9.17) is 11.6 Å². The summed E-state index contributed by atoms with van der Waals surface area (Å²) in [5.74, 6) is 1.34. The second kappa shape index (κ2) is 4.45. The molecule has 5 heteroatoms. The molecular weight excluding hydrogens is 241 g/mol. The maximum Gasteiger partial charge on any atom is 0.160 e. The molecule has 0 saturated carbocycles. The van der Waals surface area contributed by atoms with Crippen LogP contribution in [0.4, 0.5) is 4.39 Å². The highest BCUT2D eigenvalue weighted by Gasteiger charge is 2.27. The number of hydrogen-bond acceptors (Lipinski definition) is 2. The van der Waals surface area contributed by atoms with Gasteiger partial charge in [0.1, 0.15) is 11.6 Å². The van der Waals surface area contributed by atoms with Crippen LogP contribution < -0.4 is 0 Å². The van der Waals surface area contributed by atoms with Gasteiger partial charge in [0.05, 0.1) is 11.3 Å². The second-order valence-electron chi connectivity index (χ2n) is 4.37. The molecule has 0 aliphatic rings. The summed E-state index contributed by atoms with van der Waals surface area (Å²) in [5, 5.41) is 6.92. The van der Waals surface area contributed by atoms with E-state index in [1.54, 1.807) is 12.1 Å². The van der Waals surface area contributed by atoms with Crippen molar-refractivity contribution in [3.8, 4) is 0 Å². The van der Waals surface area contributed by atoms with Crippen molar-refractivity contribution in [3.63, 3.8) is 0 Å². The van der Waals surface area contributed by atoms with Gasteiger partial charge in [-0.2, -0.15) is 5.10 Å². The molecule has 0 saturated heterocycles. The standard InChI is InChI=1S/C12H13ClFN3/c1-12(2,8-3-5-9(14)6-4-8)11-15-10(7-13)16-17-11/h3-6H,7H2,1-2H3,(H,15,16,17). The third kappa shape index (κ3) is 2.31. The molecule has 1 aromatic carbocycles. The first-order valence-corrected chi connectivity index (χ1v) is 5.81. The van der Waals surface area contributed by atoms with Gasteiger partial charge in [-0.3, -0.25) is 5.10 Å². The van der Waals surface area contributed by atoms with Crippen LogP contribution in [0.5, 0.6) is 0 Å². The summed E-state index contributed by atoms with van der Waals surface area (Å²) in [6, 6.07) is 6.36. The summed E-state index contributed by atoms with van der Waals surface area (Å²) < 4.78 is 12.9. The molecule has 0 radical (unpaired) electrons. The molecule has 0 atom stereocenters. The molecule has 1 aromatic heterocycles. The van der Waals surface area contributed by atoms with Crippen LogP contribution >= 0.6 is 11.6 Å². The van der Waals surface area contributed by atoms with Gasteiger partial charge < -0.3 is 0 Å². The van der Waals surface area contributed by atoms with Crippen LogP contribution in [0, 0.1) is 5.82 Å². The molecule has 17 heavy (non-hydrogen) atoms. The third-order valence-corrected chi connectivity index (χ3v) is 3.04. The minimum absolute atomic E-state index is 0.249. The molecule has 0 aliphatic heterocycles. The lowest BCUT2D eigenvalue weighted by Gasteiger charge is -2.21. The van der Waals surface area contributed by atoms with Gasteiger partial charge in [0, 0.05) is 0 Å². The first-order valence-electron chi connectivity index (χ1n) is 5.28. The average Bonchev–Trinajstić information content (AvgIpc) is 2.78. The zero-order valence-corrected chi connectivity index (χ0v) is 10.4. The Morgan fingerprint density at radius 1 is 1.29 bits per heavy atom. The zero-order valence-electron chi connectivity index (χ0n) is 9.67. The Morgan fingerprint density at radius 2 is 1.94 bits per heavy atom. The molecule has 0 fully saturated rings. The van der Waals surface area contributed by atoms with Crippen molar-refractivity contribution < 1.29 is 4.39 Å². The number of H-pyrrole nitrogens is 1. The third-order valence-electron chi connectivity index (χ3n) is 2.78. The lowest BCUT2D eigenvalue weighted by atomic mass is 9.84. The van der Waals surface area contributed by atoms with Crippen LogP contribution in [0.2, 0.25) is 0 Å². The van der Waals surface area contributed by atoms with Crippen molar-refractivity contribution in [1.29, 1.82) is 0 Å². The lowest BCUT2D eigenvalue weighted by molar-refractivity contribution is 0.585. The van der Waals surface area contributed by atoms with Crippen LogP contribution in [-0.2, 0) is 11.3 Å². The lowest BCUT2D eigenvalue weighted by Crippen LogP contribution is -2.20. The van der Waals surface area contributed by atoms with Crippen molar-refractivity contribution in [2.24, 2.45) is 0 Å². The van der Waals surface area contributed by atoms with E-state index in [0.29, 0.717) is 17.5 Å². The van der Waals surface area contributed by atoms with E-state index in [0.717, 1.165) is 5.56 Å². The Morgan fingerprint density at radius 3 is 2.47 bits per heavy atom. The van der Waals surface area contributed by atoms with Crippen molar-refractivity contribution in [3.05, 3.63) is 47.3 Å². The summed E-state index contributed by atoms with van der Waals surface area (Å²) >= 11 is 5.67. The summed E-state index contributed by atoms with van der Waals surface area (Å²) in [6.45, 7) is 3.98. The molecule has 1 N–H and O–H groups in total. The van der Waals surface area contributed by atoms with Gasteiger partial charge in [0.2, 0.25) is 0 Å². The van der Waals surface area contributed by atoms with Crippen LogP contribution in [0.1, 0.15) is 31.1 Å². The van der Waals surface area contributed by atoms with Gasteiger partial charge in [-0.25, -0.2) is 9.37 Å². The minimum atomic E-state index is -0.380. The highest BCUT2D eigenvalue weighted by atomic mass is 35.5. The van der Waals surface area contributed by atoms with Gasteiger partial charge in [0.25, 0.3) is 0 Å². The van der Waals surface area contributed by atoms with Gasteiger partial charge in [-0.05, 0) is 31.5 Å². The number of aromatic nitrogens is 3. The molecule has 0 aliphatic carbocycles. The predicted octanol–water partition coefficient (Wildman–Crippen LogP) is 3.01. The quantitative estimate of drug-likeness (QED) is 0.855. The number of rotatable bonds is 3. The topological polar surface area (TPSA) is 41.6 Å². The molecule has 0 bridgehead atoms. The van der Waals surface area contributed by atoms with Crippen molar-refractivity contribution in [1.82, 2.24) is 15.2 Å². The van der Waals surface area contributed by atoms with Gasteiger partial charge in [0.15, 0.2) is 5.82 Å². The van der Waals surface area contributed by atoms with E-state index in [2.05, 4.69) is 15.2 Å². The second-order valence-corrected chi connectivity index (χ2v) is 4.64. The fourth-order valence-electron chi connectivity index (χ4n) is 1.63. The molecule has 0 spiro atoms. The largest absolute Gasteiger partial charge is 0.262 e. The minimum Gasteiger partial charge on any atom is -0.262 e. The van der Waals surface area contributed by atoms with Crippen molar-refractivity contribution in [2.75, 3.05) is 0 Å². The average molecular weight is 254 g/mol. The van der Waals surface area contributed by atoms with E-state index in [9.17, 15) is 4.39 Å². The Balaban J connectivity index is 2.37. The Kier molecular flexibility index (Phi) is 3.15. The van der Waals surface area contributed by atoms with E-state index in [-0.39, 0.29) is 11.2 Å². The highest BCUT2D eigenvalue weighted by Crippen LogP contribution is 2.28. The number of hydrogen-bond donors (Lipinski definition) is 1. The normalized spacial score (nSPS) is 11.8. The summed E-state index contributed by atoms with van der Waals surface area (Å²) in [5.41, 5.74) is 0.577. The summed E-state index contributed by atoms with van der Waals surface area (Å²) in [6.07, 6.45) is 0. The van der Waals surface area contributed by atoms with Crippen LogP contribution in [-0.4, -0.2) is 15.2 Å². The maximum atomic E-state index is 12.9. The monoisotopic (exact) mass is 253 g/mol. The fraction of sp³-hybridized carbons (Fsp3) is 0.333. The molecule has 2 aromatic rings. The zero-order chi connectivity index (χ0) is 12.5. The van der Waals surface area contributed by atoms with E-state index < -0.39 is 0 Å². The number of aromatic amines is 1. The number of benzene rings is 1. The van der Waals surface area contributed by atoms with Gasteiger partial charge in [-0.1, -0.05) is 12.1 Å². The SMILES string of the molecule is CC(C)(c1ccc(F)cc1)c1n[nH]c(CCl)n1. The van der Waals surface area contributed by atoms with Gasteiger partial charge >= 0.3 is 0 Å². The molecule has 2 rings (SSSR count). The van der Waals surface area contributed by atoms with E-state index in [1.807, 2.05) is 13.8 Å². The number of nitrogens with zero attached hydrogens (tertiary/aromatic N) is 2. The maximum absolute atomic E-state index is 12.9. The van der Waals surface area contributed by atoms with E-state index >= 15 is 0 Å². The number of halogens is 2. The highest BCUT2D eigenvalue weighted by molar-refractivity contribution is 6.16. The van der Waals surface area contributed by atoms with Crippen LogP contribution in [0.3, 0.4) is 0 Å². The summed E-state index contributed by atoms with van der Waals surface area (Å²) in [7, 11) is 0. The molecule has 1 heterocycles. The number of nitrogens with one attached hydrogen (secondary N) is 1. The number of alkyl halides is 1. The first kappa shape index (κ1) is 12.0. The van der Waals surface area contributed by atoms with Crippen LogP contribution in [0.15, 0.2) is 24.3 Å². The fourth-order valence-corrected chi connectivity index (χ4v) is 1.75.